The standard InChI is InChI=1S/C16H24N2O3/c1-13(15-7-5-4-6-8-15)17-16(20)9-10-18(14(2)19)11-12-21-3/h4-8,13H,9-12H2,1-3H3,(H,17,20). The van der Waals surface area contributed by atoms with Gasteiger partial charge in [0.1, 0.15) is 0 Å². The second kappa shape index (κ2) is 9.13. The second-order valence-electron chi connectivity index (χ2n) is 4.95. The van der Waals surface area contributed by atoms with Gasteiger partial charge in [-0.15, -0.1) is 0 Å². The predicted molar refractivity (Wildman–Crippen MR) is 81.7 cm³/mol. The molecule has 1 aromatic rings. The zero-order valence-electron chi connectivity index (χ0n) is 13.0. The summed E-state index contributed by atoms with van der Waals surface area (Å²) in [6, 6.07) is 9.75. The molecule has 0 saturated carbocycles. The summed E-state index contributed by atoms with van der Waals surface area (Å²) >= 11 is 0. The second-order valence-corrected chi connectivity index (χ2v) is 4.95. The Bertz CT molecular complexity index is 448. The van der Waals surface area contributed by atoms with E-state index in [9.17, 15) is 9.59 Å². The molecule has 0 saturated heterocycles. The van der Waals surface area contributed by atoms with E-state index in [0.29, 0.717) is 26.1 Å². The van der Waals surface area contributed by atoms with Gasteiger partial charge >= 0.3 is 0 Å². The number of hydrogen-bond donors (Lipinski definition) is 1. The number of methoxy groups -OCH3 is 1. The van der Waals surface area contributed by atoms with Crippen molar-refractivity contribution in [3.05, 3.63) is 35.9 Å². The molecule has 5 heteroatoms. The monoisotopic (exact) mass is 292 g/mol. The summed E-state index contributed by atoms with van der Waals surface area (Å²) < 4.78 is 4.96. The molecule has 1 rings (SSSR count). The van der Waals surface area contributed by atoms with Gasteiger partial charge in [0, 0.05) is 33.5 Å². The first-order valence-corrected chi connectivity index (χ1v) is 7.13. The van der Waals surface area contributed by atoms with E-state index < -0.39 is 0 Å². The number of rotatable bonds is 8. The van der Waals surface area contributed by atoms with Gasteiger partial charge in [0.25, 0.3) is 0 Å². The molecule has 116 valence electrons. The number of nitrogens with one attached hydrogen (secondary N) is 1. The number of benzene rings is 1. The van der Waals surface area contributed by atoms with Crippen molar-refractivity contribution in [2.45, 2.75) is 26.3 Å². The summed E-state index contributed by atoms with van der Waals surface area (Å²) in [5.74, 6) is -0.106. The minimum Gasteiger partial charge on any atom is -0.383 e. The molecule has 0 radical (unpaired) electrons. The van der Waals surface area contributed by atoms with E-state index in [2.05, 4.69) is 5.32 Å². The van der Waals surface area contributed by atoms with Crippen LogP contribution in [0.4, 0.5) is 0 Å². The van der Waals surface area contributed by atoms with Crippen LogP contribution in [0, 0.1) is 0 Å². The molecule has 21 heavy (non-hydrogen) atoms. The van der Waals surface area contributed by atoms with E-state index >= 15 is 0 Å². The first kappa shape index (κ1) is 17.2. The van der Waals surface area contributed by atoms with Crippen molar-refractivity contribution >= 4 is 11.8 Å². The van der Waals surface area contributed by atoms with Crippen molar-refractivity contribution in [2.24, 2.45) is 0 Å². The van der Waals surface area contributed by atoms with Gasteiger partial charge in [0.2, 0.25) is 11.8 Å². The molecule has 1 unspecified atom stereocenters. The van der Waals surface area contributed by atoms with Crippen molar-refractivity contribution in [2.75, 3.05) is 26.8 Å². The molecule has 0 bridgehead atoms. The number of nitrogens with zero attached hydrogens (tertiary/aromatic N) is 1. The Hall–Kier alpha value is -1.88. The van der Waals surface area contributed by atoms with Crippen LogP contribution in [0.25, 0.3) is 0 Å². The van der Waals surface area contributed by atoms with Crippen molar-refractivity contribution in [1.82, 2.24) is 10.2 Å². The molecule has 1 atom stereocenters. The molecule has 0 aromatic heterocycles. The zero-order chi connectivity index (χ0) is 15.7. The molecule has 5 nitrogen and oxygen atoms in total. The lowest BCUT2D eigenvalue weighted by Gasteiger charge is -2.21. The highest BCUT2D eigenvalue weighted by molar-refractivity contribution is 5.78. The van der Waals surface area contributed by atoms with Gasteiger partial charge in [-0.05, 0) is 12.5 Å². The molecule has 1 aromatic carbocycles. The Morgan fingerprint density at radius 1 is 1.24 bits per heavy atom. The lowest BCUT2D eigenvalue weighted by atomic mass is 10.1. The lowest BCUT2D eigenvalue weighted by molar-refractivity contribution is -0.130. The Labute approximate surface area is 126 Å². The van der Waals surface area contributed by atoms with E-state index in [1.54, 1.807) is 12.0 Å². The van der Waals surface area contributed by atoms with E-state index in [1.165, 1.54) is 6.92 Å². The van der Waals surface area contributed by atoms with Crippen molar-refractivity contribution < 1.29 is 14.3 Å². The fourth-order valence-electron chi connectivity index (χ4n) is 2.00. The Morgan fingerprint density at radius 3 is 2.48 bits per heavy atom. The SMILES string of the molecule is COCCN(CCC(=O)NC(C)c1ccccc1)C(C)=O. The van der Waals surface area contributed by atoms with Crippen LogP contribution in [0.5, 0.6) is 0 Å². The molecule has 0 fully saturated rings. The smallest absolute Gasteiger partial charge is 0.222 e. The largest absolute Gasteiger partial charge is 0.383 e. The summed E-state index contributed by atoms with van der Waals surface area (Å²) in [5.41, 5.74) is 1.06. The molecular formula is C16H24N2O3. The van der Waals surface area contributed by atoms with Crippen LogP contribution in [-0.2, 0) is 14.3 Å². The fraction of sp³-hybridized carbons (Fsp3) is 0.500. The zero-order valence-corrected chi connectivity index (χ0v) is 13.0. The van der Waals surface area contributed by atoms with Gasteiger partial charge in [-0.2, -0.15) is 0 Å². The van der Waals surface area contributed by atoms with Gasteiger partial charge in [-0.1, -0.05) is 30.3 Å². The molecule has 0 heterocycles. The highest BCUT2D eigenvalue weighted by atomic mass is 16.5. The average molecular weight is 292 g/mol. The number of hydrogen-bond acceptors (Lipinski definition) is 3. The van der Waals surface area contributed by atoms with Gasteiger partial charge in [0.05, 0.1) is 12.6 Å². The van der Waals surface area contributed by atoms with Gasteiger partial charge in [-0.3, -0.25) is 9.59 Å². The highest BCUT2D eigenvalue weighted by Gasteiger charge is 2.13. The van der Waals surface area contributed by atoms with Crippen LogP contribution in [0.2, 0.25) is 0 Å². The number of ether oxygens (including phenoxy) is 1. The van der Waals surface area contributed by atoms with Crippen molar-refractivity contribution in [3.63, 3.8) is 0 Å². The van der Waals surface area contributed by atoms with Gasteiger partial charge in [-0.25, -0.2) is 0 Å². The predicted octanol–water partition coefficient (Wildman–Crippen LogP) is 1.75. The quantitative estimate of drug-likeness (QED) is 0.794. The first-order chi connectivity index (χ1) is 10.0. The summed E-state index contributed by atoms with van der Waals surface area (Å²) in [6.45, 7) is 4.84. The summed E-state index contributed by atoms with van der Waals surface area (Å²) in [4.78, 5) is 25.0. The first-order valence-electron chi connectivity index (χ1n) is 7.13. The van der Waals surface area contributed by atoms with E-state index in [-0.39, 0.29) is 17.9 Å². The third kappa shape index (κ3) is 6.40. The maximum absolute atomic E-state index is 11.9. The fourth-order valence-corrected chi connectivity index (χ4v) is 2.00. The van der Waals surface area contributed by atoms with E-state index in [4.69, 9.17) is 4.74 Å². The van der Waals surface area contributed by atoms with Gasteiger partial charge < -0.3 is 15.0 Å². The van der Waals surface area contributed by atoms with Crippen LogP contribution in [0.1, 0.15) is 31.9 Å². The molecule has 0 aliphatic heterocycles. The molecule has 0 aliphatic carbocycles. The van der Waals surface area contributed by atoms with E-state index in [0.717, 1.165) is 5.56 Å². The van der Waals surface area contributed by atoms with Gasteiger partial charge in [0.15, 0.2) is 0 Å². The summed E-state index contributed by atoms with van der Waals surface area (Å²) in [6.07, 6.45) is 0.292. The minimum atomic E-state index is -0.0602. The average Bonchev–Trinajstić information content (AvgIpc) is 2.47. The molecule has 1 N–H and O–H groups in total. The minimum absolute atomic E-state index is 0.0385. The van der Waals surface area contributed by atoms with Crippen molar-refractivity contribution in [3.8, 4) is 0 Å². The van der Waals surface area contributed by atoms with Crippen LogP contribution >= 0.6 is 0 Å². The lowest BCUT2D eigenvalue weighted by Crippen LogP contribution is -2.36. The van der Waals surface area contributed by atoms with Crippen LogP contribution in [0.3, 0.4) is 0 Å². The third-order valence-corrected chi connectivity index (χ3v) is 3.30. The number of carbonyl (C=O) groups excluding carboxylic acids is 2. The number of carbonyl (C=O) groups is 2. The van der Waals surface area contributed by atoms with Crippen LogP contribution < -0.4 is 5.32 Å². The van der Waals surface area contributed by atoms with Crippen LogP contribution in [0.15, 0.2) is 30.3 Å². The Kier molecular flexibility index (Phi) is 7.46. The maximum atomic E-state index is 11.9. The maximum Gasteiger partial charge on any atom is 0.222 e. The molecule has 0 spiro atoms. The molecule has 0 aliphatic rings. The third-order valence-electron chi connectivity index (χ3n) is 3.30. The van der Waals surface area contributed by atoms with Crippen LogP contribution in [-0.4, -0.2) is 43.5 Å². The molecular weight excluding hydrogens is 268 g/mol. The van der Waals surface area contributed by atoms with Crippen molar-refractivity contribution in [1.29, 1.82) is 0 Å². The Morgan fingerprint density at radius 2 is 1.90 bits per heavy atom. The highest BCUT2D eigenvalue weighted by Crippen LogP contribution is 2.11. The Balaban J connectivity index is 2.40. The summed E-state index contributed by atoms with van der Waals surface area (Å²) in [7, 11) is 1.59. The topological polar surface area (TPSA) is 58.6 Å². The normalized spacial score (nSPS) is 11.8. The summed E-state index contributed by atoms with van der Waals surface area (Å²) in [5, 5.41) is 2.94. The number of amides is 2. The van der Waals surface area contributed by atoms with E-state index in [1.807, 2.05) is 37.3 Å². The molecule has 2 amide bonds.